The third-order valence-electron chi connectivity index (χ3n) is 13.3. The van der Waals surface area contributed by atoms with Crippen LogP contribution in [-0.2, 0) is 5.41 Å². The molecule has 304 valence electrons. The number of anilines is 6. The zero-order valence-corrected chi connectivity index (χ0v) is 35.9. The Morgan fingerprint density at radius 3 is 1.53 bits per heavy atom. The van der Waals surface area contributed by atoms with Gasteiger partial charge in [0.1, 0.15) is 0 Å². The highest BCUT2D eigenvalue weighted by Gasteiger charge is 2.35. The Morgan fingerprint density at radius 2 is 0.844 bits per heavy atom. The molecule has 0 N–H and O–H groups in total. The van der Waals surface area contributed by atoms with Gasteiger partial charge in [0.2, 0.25) is 0 Å². The number of aromatic nitrogens is 1. The first-order valence-corrected chi connectivity index (χ1v) is 22.2. The summed E-state index contributed by atoms with van der Waals surface area (Å²) in [6.45, 7) is 4.71. The van der Waals surface area contributed by atoms with Crippen molar-refractivity contribution in [1.29, 1.82) is 0 Å². The number of fused-ring (bicyclic) bond motifs is 8. The van der Waals surface area contributed by atoms with Crippen LogP contribution in [0.25, 0.3) is 60.5 Å². The van der Waals surface area contributed by atoms with Gasteiger partial charge in [0.05, 0.1) is 11.0 Å². The summed E-state index contributed by atoms with van der Waals surface area (Å²) < 4.78 is 2.41. The molecule has 0 spiro atoms. The molecule has 0 saturated carbocycles. The van der Waals surface area contributed by atoms with Crippen molar-refractivity contribution in [3.05, 3.63) is 248 Å². The molecule has 1 heterocycles. The van der Waals surface area contributed by atoms with Gasteiger partial charge in [-0.2, -0.15) is 0 Å². The second-order valence-corrected chi connectivity index (χ2v) is 17.4. The summed E-state index contributed by atoms with van der Waals surface area (Å²) >= 11 is 0. The van der Waals surface area contributed by atoms with Crippen LogP contribution in [-0.4, -0.2) is 4.57 Å². The van der Waals surface area contributed by atoms with Crippen molar-refractivity contribution in [2.24, 2.45) is 0 Å². The van der Waals surface area contributed by atoms with Crippen molar-refractivity contribution in [3.63, 3.8) is 0 Å². The van der Waals surface area contributed by atoms with Gasteiger partial charge in [-0.25, -0.2) is 0 Å². The molecule has 0 saturated heterocycles. The molecule has 64 heavy (non-hydrogen) atoms. The van der Waals surface area contributed by atoms with E-state index in [1.165, 1.54) is 66.0 Å². The molecule has 0 bridgehead atoms. The predicted molar refractivity (Wildman–Crippen MR) is 271 cm³/mol. The van der Waals surface area contributed by atoms with E-state index >= 15 is 0 Å². The van der Waals surface area contributed by atoms with E-state index in [1.807, 2.05) is 0 Å². The van der Waals surface area contributed by atoms with E-state index in [9.17, 15) is 0 Å². The molecule has 3 heteroatoms. The number of rotatable bonds is 8. The van der Waals surface area contributed by atoms with Crippen LogP contribution in [0.1, 0.15) is 25.0 Å². The van der Waals surface area contributed by atoms with Gasteiger partial charge in [-0.05, 0) is 147 Å². The zero-order valence-electron chi connectivity index (χ0n) is 35.9. The van der Waals surface area contributed by atoms with Crippen molar-refractivity contribution in [2.75, 3.05) is 9.80 Å². The van der Waals surface area contributed by atoms with Gasteiger partial charge in [0.15, 0.2) is 0 Å². The van der Waals surface area contributed by atoms with Crippen molar-refractivity contribution in [2.45, 2.75) is 19.3 Å². The zero-order chi connectivity index (χ0) is 42.8. The molecule has 1 aliphatic carbocycles. The number of hydrogen-bond acceptors (Lipinski definition) is 2. The molecule has 0 fully saturated rings. The summed E-state index contributed by atoms with van der Waals surface area (Å²) in [6.07, 6.45) is 0. The molecule has 1 aliphatic rings. The standard InChI is InChI=1S/C61H45N3/c1-61(2)56-25-15-14-24-53(56)54-37-36-51(41-57(54)61)63(50-34-32-49(33-35-50)62(45-17-6-3-7-18-45)46-19-8-4-9-20-46)48-30-26-42(27-31-48)44-29-38-58-55(40-44)60-52-23-13-12-16-43(52)28-39-59(60)64(58)47-21-10-5-11-22-47/h3-41H,1-2H3. The molecular weight excluding hydrogens is 775 g/mol. The Bertz CT molecular complexity index is 3460. The number of hydrogen-bond donors (Lipinski definition) is 0. The van der Waals surface area contributed by atoms with E-state index in [-0.39, 0.29) is 5.41 Å². The summed E-state index contributed by atoms with van der Waals surface area (Å²) in [6, 6.07) is 86.2. The van der Waals surface area contributed by atoms with Crippen LogP contribution < -0.4 is 9.80 Å². The Labute approximate surface area is 374 Å². The minimum atomic E-state index is -0.124. The third kappa shape index (κ3) is 6.12. The minimum absolute atomic E-state index is 0.124. The molecule has 3 nitrogen and oxygen atoms in total. The fourth-order valence-corrected chi connectivity index (χ4v) is 10.3. The van der Waals surface area contributed by atoms with Gasteiger partial charge in [-0.15, -0.1) is 0 Å². The third-order valence-corrected chi connectivity index (χ3v) is 13.3. The van der Waals surface area contributed by atoms with Crippen LogP contribution in [0.15, 0.2) is 237 Å². The highest BCUT2D eigenvalue weighted by atomic mass is 15.2. The van der Waals surface area contributed by atoms with E-state index in [0.29, 0.717) is 0 Å². The summed E-state index contributed by atoms with van der Waals surface area (Å²) in [5.74, 6) is 0. The van der Waals surface area contributed by atoms with Crippen LogP contribution >= 0.6 is 0 Å². The van der Waals surface area contributed by atoms with Crippen molar-refractivity contribution in [3.8, 4) is 27.9 Å². The molecule has 11 aromatic rings. The van der Waals surface area contributed by atoms with Gasteiger partial charge >= 0.3 is 0 Å². The van der Waals surface area contributed by atoms with Gasteiger partial charge in [0.25, 0.3) is 0 Å². The minimum Gasteiger partial charge on any atom is -0.311 e. The maximum Gasteiger partial charge on any atom is 0.0547 e. The molecule has 0 amide bonds. The SMILES string of the molecule is CC1(C)c2ccccc2-c2ccc(N(c3ccc(-c4ccc5c(c4)c4c6ccccc6ccc4n5-c4ccccc4)cc3)c3ccc(N(c4ccccc4)c4ccccc4)cc3)cc21. The van der Waals surface area contributed by atoms with E-state index in [2.05, 4.69) is 265 Å². The Hall–Kier alpha value is -8.14. The lowest BCUT2D eigenvalue weighted by molar-refractivity contribution is 0.660. The lowest BCUT2D eigenvalue weighted by Gasteiger charge is -2.29. The first-order chi connectivity index (χ1) is 31.5. The maximum absolute atomic E-state index is 2.41. The van der Waals surface area contributed by atoms with Crippen molar-refractivity contribution >= 4 is 66.7 Å². The quantitative estimate of drug-likeness (QED) is 0.151. The second kappa shape index (κ2) is 15.0. The molecule has 0 aliphatic heterocycles. The van der Waals surface area contributed by atoms with Crippen LogP contribution in [0.2, 0.25) is 0 Å². The Balaban J connectivity index is 0.979. The van der Waals surface area contributed by atoms with Crippen LogP contribution in [0.4, 0.5) is 34.1 Å². The summed E-state index contributed by atoms with van der Waals surface area (Å²) in [7, 11) is 0. The predicted octanol–water partition coefficient (Wildman–Crippen LogP) is 16.8. The Kier molecular flexibility index (Phi) is 8.84. The van der Waals surface area contributed by atoms with E-state index in [1.54, 1.807) is 0 Å². The molecule has 10 aromatic carbocycles. The van der Waals surface area contributed by atoms with Crippen LogP contribution in [0.3, 0.4) is 0 Å². The lowest BCUT2D eigenvalue weighted by Crippen LogP contribution is -2.16. The monoisotopic (exact) mass is 819 g/mol. The molecule has 0 atom stereocenters. The normalized spacial score (nSPS) is 12.7. The second-order valence-electron chi connectivity index (χ2n) is 17.4. The van der Waals surface area contributed by atoms with Crippen LogP contribution in [0.5, 0.6) is 0 Å². The van der Waals surface area contributed by atoms with E-state index in [4.69, 9.17) is 0 Å². The van der Waals surface area contributed by atoms with Gasteiger partial charge in [-0.3, -0.25) is 0 Å². The Morgan fingerprint density at radius 1 is 0.344 bits per heavy atom. The number of para-hydroxylation sites is 3. The molecular formula is C61H45N3. The molecule has 0 unspecified atom stereocenters. The summed E-state index contributed by atoms with van der Waals surface area (Å²) in [5.41, 5.74) is 17.8. The van der Waals surface area contributed by atoms with E-state index < -0.39 is 0 Å². The first-order valence-electron chi connectivity index (χ1n) is 22.2. The number of nitrogens with zero attached hydrogens (tertiary/aromatic N) is 3. The highest BCUT2D eigenvalue weighted by Crippen LogP contribution is 2.51. The fourth-order valence-electron chi connectivity index (χ4n) is 10.3. The molecule has 1 aromatic heterocycles. The van der Waals surface area contributed by atoms with E-state index in [0.717, 1.165) is 39.8 Å². The lowest BCUT2D eigenvalue weighted by atomic mass is 9.82. The molecule has 0 radical (unpaired) electrons. The smallest absolute Gasteiger partial charge is 0.0547 e. The average molecular weight is 820 g/mol. The molecule has 12 rings (SSSR count). The average Bonchev–Trinajstić information content (AvgIpc) is 3.81. The largest absolute Gasteiger partial charge is 0.311 e. The maximum atomic E-state index is 2.41. The van der Waals surface area contributed by atoms with Crippen molar-refractivity contribution < 1.29 is 0 Å². The summed E-state index contributed by atoms with van der Waals surface area (Å²) in [4.78, 5) is 4.72. The highest BCUT2D eigenvalue weighted by molar-refractivity contribution is 6.22. The van der Waals surface area contributed by atoms with Crippen LogP contribution in [0, 0.1) is 0 Å². The number of benzene rings is 10. The van der Waals surface area contributed by atoms with Gasteiger partial charge < -0.3 is 14.4 Å². The van der Waals surface area contributed by atoms with Gasteiger partial charge in [-0.1, -0.05) is 147 Å². The first kappa shape index (κ1) is 37.6. The van der Waals surface area contributed by atoms with Crippen molar-refractivity contribution in [1.82, 2.24) is 4.57 Å². The fraction of sp³-hybridized carbons (Fsp3) is 0.0492. The van der Waals surface area contributed by atoms with Gasteiger partial charge in [0, 0.05) is 56.0 Å². The topological polar surface area (TPSA) is 11.4 Å². The summed E-state index contributed by atoms with van der Waals surface area (Å²) in [5, 5.41) is 5.05.